The van der Waals surface area contributed by atoms with Gasteiger partial charge >= 0.3 is 29.6 Å². The van der Waals surface area contributed by atoms with Crippen molar-refractivity contribution in [2.24, 2.45) is 0 Å². The molecule has 1 aromatic heterocycles. The molecular weight excluding hydrogens is 479 g/mol. The summed E-state index contributed by atoms with van der Waals surface area (Å²) < 4.78 is 17.5. The Morgan fingerprint density at radius 1 is 1.03 bits per heavy atom. The summed E-state index contributed by atoms with van der Waals surface area (Å²) in [6.45, 7) is 0.841. The minimum Gasteiger partial charge on any atom is -0.546 e. The predicted molar refractivity (Wildman–Crippen MR) is 133 cm³/mol. The molecule has 0 saturated carbocycles. The summed E-state index contributed by atoms with van der Waals surface area (Å²) in [5.41, 5.74) is 3.78. The topological polar surface area (TPSA) is 87.9 Å². The fourth-order valence-corrected chi connectivity index (χ4v) is 4.63. The third kappa shape index (κ3) is 6.50. The molecule has 0 radical (unpaired) electrons. The maximum absolute atomic E-state index is 10.8. The van der Waals surface area contributed by atoms with Crippen LogP contribution in [0.5, 0.6) is 5.75 Å². The molecule has 1 fully saturated rings. The van der Waals surface area contributed by atoms with Gasteiger partial charge in [-0.15, -0.1) is 0 Å². The molecule has 37 heavy (non-hydrogen) atoms. The van der Waals surface area contributed by atoms with Gasteiger partial charge in [-0.2, -0.15) is 0 Å². The number of carboxylic acid groups (broad SMARTS) is 1. The first-order chi connectivity index (χ1) is 17.6. The molecule has 0 N–H and O–H groups in total. The first kappa shape index (κ1) is 27.1. The average molecular weight is 507 g/mol. The number of aliphatic carboxylic acids is 1. The van der Waals surface area contributed by atoms with E-state index in [0.29, 0.717) is 18.2 Å². The van der Waals surface area contributed by atoms with Gasteiger partial charge in [0, 0.05) is 31.3 Å². The Hall–Kier alpha value is -2.94. The summed E-state index contributed by atoms with van der Waals surface area (Å²) in [4.78, 5) is 18.0. The number of oxazole rings is 1. The van der Waals surface area contributed by atoms with E-state index in [1.54, 1.807) is 13.2 Å². The van der Waals surface area contributed by atoms with Crippen LogP contribution in [0.3, 0.4) is 0 Å². The van der Waals surface area contributed by atoms with Crippen LogP contribution >= 0.6 is 0 Å². The molecule has 0 amide bonds. The van der Waals surface area contributed by atoms with Crippen molar-refractivity contribution >= 4 is 5.97 Å². The fourth-order valence-electron chi connectivity index (χ4n) is 4.63. The van der Waals surface area contributed by atoms with Crippen LogP contribution in [0.2, 0.25) is 0 Å². The zero-order valence-corrected chi connectivity index (χ0v) is 23.0. The summed E-state index contributed by atoms with van der Waals surface area (Å²) in [7, 11) is 1.72. The number of likely N-dealkylation sites (tertiary alicyclic amines) is 1. The molecule has 184 valence electrons. The van der Waals surface area contributed by atoms with Crippen molar-refractivity contribution in [2.75, 3.05) is 20.3 Å². The van der Waals surface area contributed by atoms with Gasteiger partial charge in [0.05, 0.1) is 18.1 Å². The van der Waals surface area contributed by atoms with Crippen molar-refractivity contribution in [3.63, 3.8) is 0 Å². The molecule has 7 nitrogen and oxygen atoms in total. The summed E-state index contributed by atoms with van der Waals surface area (Å²) in [6.07, 6.45) is 0.792. The van der Waals surface area contributed by atoms with Crippen LogP contribution in [-0.2, 0) is 16.1 Å². The first-order valence-electron chi connectivity index (χ1n) is 11.9. The number of aromatic nitrogens is 1. The van der Waals surface area contributed by atoms with Crippen molar-refractivity contribution in [1.82, 2.24) is 9.88 Å². The quantitative estimate of drug-likeness (QED) is 0.314. The van der Waals surface area contributed by atoms with Crippen molar-refractivity contribution in [1.29, 1.82) is 0 Å². The van der Waals surface area contributed by atoms with Crippen LogP contribution in [0.25, 0.3) is 22.6 Å². The largest absolute Gasteiger partial charge is 1.00 e. The van der Waals surface area contributed by atoms with Crippen molar-refractivity contribution in [2.45, 2.75) is 25.1 Å². The second-order valence-electron chi connectivity index (χ2n) is 8.81. The Morgan fingerprint density at radius 2 is 1.73 bits per heavy atom. The van der Waals surface area contributed by atoms with E-state index in [1.165, 1.54) is 0 Å². The monoisotopic (exact) mass is 506 g/mol. The molecule has 0 spiro atoms. The van der Waals surface area contributed by atoms with Gasteiger partial charge < -0.3 is 23.8 Å². The number of methoxy groups -OCH3 is 1. The number of carboxylic acids is 1. The van der Waals surface area contributed by atoms with E-state index in [0.717, 1.165) is 41.1 Å². The van der Waals surface area contributed by atoms with Gasteiger partial charge in [-0.25, -0.2) is 4.98 Å². The Labute approximate surface area is 238 Å². The molecule has 0 unspecified atom stereocenters. The van der Waals surface area contributed by atoms with Gasteiger partial charge in [0.15, 0.2) is 5.76 Å². The fraction of sp³-hybridized carbons (Fsp3) is 0.241. The van der Waals surface area contributed by atoms with Crippen LogP contribution < -0.4 is 39.4 Å². The molecule has 4 aromatic rings. The van der Waals surface area contributed by atoms with Crippen molar-refractivity contribution in [3.8, 4) is 28.3 Å². The van der Waals surface area contributed by atoms with Crippen LogP contribution in [-0.4, -0.2) is 42.2 Å². The molecule has 1 saturated heterocycles. The number of rotatable bonds is 9. The van der Waals surface area contributed by atoms with Gasteiger partial charge in [0.1, 0.15) is 18.1 Å². The average Bonchev–Trinajstić information content (AvgIpc) is 3.53. The smallest absolute Gasteiger partial charge is 0.546 e. The summed E-state index contributed by atoms with van der Waals surface area (Å²) in [5, 5.41) is 10.8. The molecule has 2 heterocycles. The zero-order chi connectivity index (χ0) is 24.9. The number of hydrogen-bond donors (Lipinski definition) is 0. The number of carbonyl (C=O) groups excluding carboxylic acids is 1. The number of nitrogens with zero attached hydrogens (tertiary/aromatic N) is 2. The van der Waals surface area contributed by atoms with E-state index in [4.69, 9.17) is 18.9 Å². The number of ether oxygens (including phenoxy) is 2. The number of hydrogen-bond acceptors (Lipinski definition) is 7. The molecule has 0 bridgehead atoms. The normalized spacial score (nSPS) is 17.3. The number of carbonyl (C=O) groups is 1. The third-order valence-corrected chi connectivity index (χ3v) is 6.35. The molecule has 2 atom stereocenters. The second-order valence-corrected chi connectivity index (χ2v) is 8.81. The van der Waals surface area contributed by atoms with Crippen LogP contribution in [0, 0.1) is 0 Å². The van der Waals surface area contributed by atoms with Gasteiger partial charge in [-0.1, -0.05) is 72.8 Å². The van der Waals surface area contributed by atoms with E-state index >= 15 is 0 Å². The van der Waals surface area contributed by atoms with E-state index in [1.807, 2.05) is 78.9 Å². The van der Waals surface area contributed by atoms with Crippen LogP contribution in [0.1, 0.15) is 23.9 Å². The molecule has 1 aliphatic heterocycles. The molecule has 0 aliphatic carbocycles. The first-order valence-corrected chi connectivity index (χ1v) is 11.9. The SMILES string of the molecule is CO[C@@H]1C[C@@H](c2nc(-c3ccccc3)c(-c3ccccc3)o2)N(Cc2cccc(OCC(=O)[O-])c2)C1.[Na+]. The molecule has 3 aromatic carbocycles. The molecule has 1 aliphatic rings. The van der Waals surface area contributed by atoms with Crippen LogP contribution in [0.4, 0.5) is 0 Å². The van der Waals surface area contributed by atoms with E-state index in [-0.39, 0.29) is 41.7 Å². The zero-order valence-electron chi connectivity index (χ0n) is 21.0. The summed E-state index contributed by atoms with van der Waals surface area (Å²) in [6, 6.07) is 27.4. The maximum atomic E-state index is 10.8. The van der Waals surface area contributed by atoms with Crippen molar-refractivity contribution < 1.29 is 53.3 Å². The molecular formula is C29H27N2NaO5. The summed E-state index contributed by atoms with van der Waals surface area (Å²) in [5.74, 6) is 0.631. The number of benzene rings is 3. The Balaban J connectivity index is 0.00000320. The van der Waals surface area contributed by atoms with Gasteiger partial charge in [-0.3, -0.25) is 4.90 Å². The standard InChI is InChI=1S/C29H28N2O5.Na/c1-34-24-16-25(31(18-24)17-20-9-8-14-23(15-20)35-19-26(32)33)29-30-27(21-10-4-2-5-11-21)28(36-29)22-12-6-3-7-13-22;/h2-15,24-25H,16-19H2,1H3,(H,32,33);/q;+1/p-1/t24-,25+;/m1./s1. The minimum atomic E-state index is -1.25. The predicted octanol–water partition coefficient (Wildman–Crippen LogP) is 1.10. The van der Waals surface area contributed by atoms with Gasteiger partial charge in [-0.05, 0) is 24.1 Å². The second kappa shape index (κ2) is 12.5. The minimum absolute atomic E-state index is 0. The summed E-state index contributed by atoms with van der Waals surface area (Å²) >= 11 is 0. The Morgan fingerprint density at radius 3 is 2.41 bits per heavy atom. The van der Waals surface area contributed by atoms with Gasteiger partial charge in [0.25, 0.3) is 0 Å². The van der Waals surface area contributed by atoms with E-state index in [9.17, 15) is 9.90 Å². The molecule has 8 heteroatoms. The maximum Gasteiger partial charge on any atom is 1.00 e. The third-order valence-electron chi connectivity index (χ3n) is 6.35. The molecule has 5 rings (SSSR count). The van der Waals surface area contributed by atoms with E-state index in [2.05, 4.69) is 4.90 Å². The van der Waals surface area contributed by atoms with E-state index < -0.39 is 12.6 Å². The Kier molecular flexibility index (Phi) is 9.18. The van der Waals surface area contributed by atoms with Crippen molar-refractivity contribution in [3.05, 3.63) is 96.4 Å². The Bertz CT molecular complexity index is 1260. The van der Waals surface area contributed by atoms with Gasteiger partial charge in [0.2, 0.25) is 5.89 Å². The van der Waals surface area contributed by atoms with Crippen LogP contribution in [0.15, 0.2) is 89.3 Å².